The number of esters is 1. The molecule has 0 saturated heterocycles. The fourth-order valence-electron chi connectivity index (χ4n) is 2.77. The first kappa shape index (κ1) is 20.3. The molecule has 3 aromatic rings. The van der Waals surface area contributed by atoms with Crippen molar-refractivity contribution in [2.75, 3.05) is 26.5 Å². The maximum atomic E-state index is 12.8. The number of carbonyl (C=O) groups excluding carboxylic acids is 3. The molecule has 9 heteroatoms. The van der Waals surface area contributed by atoms with E-state index < -0.39 is 11.9 Å². The number of thiophene rings is 1. The van der Waals surface area contributed by atoms with E-state index in [-0.39, 0.29) is 27.6 Å². The van der Waals surface area contributed by atoms with Crippen LogP contribution < -0.4 is 10.9 Å². The molecule has 0 atom stereocenters. The standard InChI is InChI=1S/C20H19N3O5S/c1-10-14(20(26)27-4)18(29-15(10)19(25)23(2)3)22-17(24)12-9-11-7-5-6-8-13(11)28-16(12)21/h5-9,21H,1-4H3,(H,22,24). The van der Waals surface area contributed by atoms with Crippen molar-refractivity contribution in [2.24, 2.45) is 0 Å². The highest BCUT2D eigenvalue weighted by Crippen LogP contribution is 2.34. The number of hydrogen-bond donors (Lipinski definition) is 2. The highest BCUT2D eigenvalue weighted by Gasteiger charge is 2.27. The summed E-state index contributed by atoms with van der Waals surface area (Å²) in [6.07, 6.45) is 0. The van der Waals surface area contributed by atoms with Crippen LogP contribution in [0.25, 0.3) is 11.0 Å². The molecule has 0 radical (unpaired) electrons. The number of amides is 2. The number of benzene rings is 1. The minimum absolute atomic E-state index is 0.00561. The number of rotatable bonds is 4. The van der Waals surface area contributed by atoms with Gasteiger partial charge in [-0.25, -0.2) is 4.79 Å². The quantitative estimate of drug-likeness (QED) is 0.639. The lowest BCUT2D eigenvalue weighted by molar-refractivity contribution is 0.0601. The number of carbonyl (C=O) groups is 3. The van der Waals surface area contributed by atoms with Crippen LogP contribution in [0, 0.1) is 12.3 Å². The molecule has 1 aromatic carbocycles. The Hall–Kier alpha value is -3.46. The molecule has 2 N–H and O–H groups in total. The van der Waals surface area contributed by atoms with E-state index in [1.165, 1.54) is 12.0 Å². The highest BCUT2D eigenvalue weighted by atomic mass is 32.1. The van der Waals surface area contributed by atoms with Crippen LogP contribution >= 0.6 is 11.3 Å². The zero-order chi connectivity index (χ0) is 21.3. The molecular weight excluding hydrogens is 394 g/mol. The molecular formula is C20H19N3O5S. The van der Waals surface area contributed by atoms with Gasteiger partial charge in [0, 0.05) is 19.5 Å². The molecule has 2 amide bonds. The Bertz CT molecular complexity index is 1190. The van der Waals surface area contributed by atoms with Gasteiger partial charge in [-0.3, -0.25) is 15.0 Å². The molecule has 0 fully saturated rings. The summed E-state index contributed by atoms with van der Waals surface area (Å²) in [6, 6.07) is 8.57. The Kier molecular flexibility index (Phi) is 5.51. The maximum absolute atomic E-state index is 12.8. The largest absolute Gasteiger partial charge is 0.465 e. The van der Waals surface area contributed by atoms with E-state index >= 15 is 0 Å². The predicted octanol–water partition coefficient (Wildman–Crippen LogP) is 3.02. The van der Waals surface area contributed by atoms with Gasteiger partial charge < -0.3 is 19.4 Å². The van der Waals surface area contributed by atoms with Gasteiger partial charge in [0.2, 0.25) is 5.55 Å². The lowest BCUT2D eigenvalue weighted by Crippen LogP contribution is -2.21. The number of anilines is 1. The van der Waals surface area contributed by atoms with E-state index in [4.69, 9.17) is 14.6 Å². The number of hydrogen-bond acceptors (Lipinski definition) is 7. The molecule has 0 spiro atoms. The van der Waals surface area contributed by atoms with Crippen LogP contribution in [0.15, 0.2) is 34.7 Å². The van der Waals surface area contributed by atoms with Crippen molar-refractivity contribution in [1.82, 2.24) is 4.90 Å². The summed E-state index contributed by atoms with van der Waals surface area (Å²) in [6.45, 7) is 1.62. The van der Waals surface area contributed by atoms with Crippen LogP contribution in [0.5, 0.6) is 0 Å². The third kappa shape index (κ3) is 3.77. The maximum Gasteiger partial charge on any atom is 0.341 e. The molecule has 0 aliphatic heterocycles. The summed E-state index contributed by atoms with van der Waals surface area (Å²) in [4.78, 5) is 39.2. The van der Waals surface area contributed by atoms with E-state index in [0.717, 1.165) is 11.3 Å². The average Bonchev–Trinajstić information content (AvgIpc) is 3.01. The van der Waals surface area contributed by atoms with E-state index in [0.29, 0.717) is 21.4 Å². The van der Waals surface area contributed by atoms with E-state index in [1.807, 2.05) is 0 Å². The first-order valence-corrected chi connectivity index (χ1v) is 9.38. The number of nitrogens with one attached hydrogen (secondary N) is 2. The van der Waals surface area contributed by atoms with Crippen LogP contribution in [-0.2, 0) is 4.74 Å². The van der Waals surface area contributed by atoms with Crippen LogP contribution in [0.3, 0.4) is 0 Å². The van der Waals surface area contributed by atoms with E-state index in [1.54, 1.807) is 51.4 Å². The second kappa shape index (κ2) is 7.88. The second-order valence-corrected chi connectivity index (χ2v) is 7.45. The molecule has 0 unspecified atom stereocenters. The van der Waals surface area contributed by atoms with Crippen molar-refractivity contribution < 1.29 is 23.5 Å². The number of fused-ring (bicyclic) bond motifs is 1. The molecule has 0 aliphatic carbocycles. The molecule has 0 aliphatic rings. The summed E-state index contributed by atoms with van der Waals surface area (Å²) < 4.78 is 10.2. The zero-order valence-corrected chi connectivity index (χ0v) is 17.1. The molecule has 0 bridgehead atoms. The molecule has 3 rings (SSSR count). The minimum atomic E-state index is -0.666. The fraction of sp³-hybridized carbons (Fsp3) is 0.200. The van der Waals surface area contributed by atoms with Crippen molar-refractivity contribution >= 4 is 45.1 Å². The summed E-state index contributed by atoms with van der Waals surface area (Å²) in [5.41, 5.74) is 0.713. The average molecular weight is 413 g/mol. The van der Waals surface area contributed by atoms with Gasteiger partial charge in [0.15, 0.2) is 0 Å². The lowest BCUT2D eigenvalue weighted by Gasteiger charge is -2.08. The summed E-state index contributed by atoms with van der Waals surface area (Å²) >= 11 is 0.983. The number of ether oxygens (including phenoxy) is 1. The SMILES string of the molecule is COC(=O)c1c(NC(=O)c2cc3ccccc3oc2=N)sc(C(=O)N(C)C)c1C. The van der Waals surface area contributed by atoms with Gasteiger partial charge in [-0.1, -0.05) is 18.2 Å². The molecule has 2 heterocycles. The number of nitrogens with zero attached hydrogens (tertiary/aromatic N) is 1. The first-order valence-electron chi connectivity index (χ1n) is 8.56. The first-order chi connectivity index (χ1) is 13.7. The second-order valence-electron chi connectivity index (χ2n) is 6.43. The Morgan fingerprint density at radius 3 is 2.55 bits per heavy atom. The minimum Gasteiger partial charge on any atom is -0.465 e. The Balaban J connectivity index is 2.05. The monoisotopic (exact) mass is 413 g/mol. The van der Waals surface area contributed by atoms with Crippen molar-refractivity contribution in [1.29, 1.82) is 5.41 Å². The van der Waals surface area contributed by atoms with Crippen molar-refractivity contribution in [2.45, 2.75) is 6.92 Å². The smallest absolute Gasteiger partial charge is 0.341 e. The third-order valence-electron chi connectivity index (χ3n) is 4.28. The van der Waals surface area contributed by atoms with Gasteiger partial charge in [-0.15, -0.1) is 11.3 Å². The third-order valence-corrected chi connectivity index (χ3v) is 5.48. The van der Waals surface area contributed by atoms with E-state index in [2.05, 4.69) is 5.32 Å². The fourth-order valence-corrected chi connectivity index (χ4v) is 3.99. The summed E-state index contributed by atoms with van der Waals surface area (Å²) in [5, 5.41) is 11.5. The molecule has 150 valence electrons. The van der Waals surface area contributed by atoms with Gasteiger partial charge in [-0.2, -0.15) is 0 Å². The van der Waals surface area contributed by atoms with Crippen LogP contribution in [-0.4, -0.2) is 43.9 Å². The lowest BCUT2D eigenvalue weighted by atomic mass is 10.1. The Morgan fingerprint density at radius 2 is 1.90 bits per heavy atom. The van der Waals surface area contributed by atoms with Gasteiger partial charge in [0.25, 0.3) is 11.8 Å². The topological polar surface area (TPSA) is 113 Å². The molecule has 0 saturated carbocycles. The predicted molar refractivity (Wildman–Crippen MR) is 108 cm³/mol. The highest BCUT2D eigenvalue weighted by molar-refractivity contribution is 7.18. The molecule has 2 aromatic heterocycles. The summed E-state index contributed by atoms with van der Waals surface area (Å²) in [7, 11) is 4.42. The Morgan fingerprint density at radius 1 is 1.21 bits per heavy atom. The number of methoxy groups -OCH3 is 1. The van der Waals surface area contributed by atoms with E-state index in [9.17, 15) is 14.4 Å². The zero-order valence-electron chi connectivity index (χ0n) is 16.3. The van der Waals surface area contributed by atoms with Gasteiger partial charge >= 0.3 is 5.97 Å². The van der Waals surface area contributed by atoms with Crippen molar-refractivity contribution in [3.63, 3.8) is 0 Å². The number of para-hydroxylation sites is 1. The molecule has 8 nitrogen and oxygen atoms in total. The van der Waals surface area contributed by atoms with Crippen LogP contribution in [0.2, 0.25) is 0 Å². The Labute approximate surface area is 170 Å². The van der Waals surface area contributed by atoms with Crippen molar-refractivity contribution in [3.8, 4) is 0 Å². The van der Waals surface area contributed by atoms with Crippen LogP contribution in [0.4, 0.5) is 5.00 Å². The van der Waals surface area contributed by atoms with Gasteiger partial charge in [-0.05, 0) is 24.6 Å². The summed E-state index contributed by atoms with van der Waals surface area (Å²) in [5.74, 6) is -1.58. The molecule has 29 heavy (non-hydrogen) atoms. The van der Waals surface area contributed by atoms with Crippen LogP contribution in [0.1, 0.15) is 36.0 Å². The normalized spacial score (nSPS) is 10.6. The van der Waals surface area contributed by atoms with Gasteiger partial charge in [0.1, 0.15) is 16.1 Å². The van der Waals surface area contributed by atoms with Crippen molar-refractivity contribution in [3.05, 3.63) is 57.5 Å². The van der Waals surface area contributed by atoms with Gasteiger partial charge in [0.05, 0.1) is 17.6 Å².